The Hall–Kier alpha value is 0.850. The van der Waals surface area contributed by atoms with Gasteiger partial charge in [-0.05, 0) is 18.8 Å². The van der Waals surface area contributed by atoms with Crippen LogP contribution >= 0.6 is 12.2 Å². The van der Waals surface area contributed by atoms with Crippen LogP contribution in [-0.4, -0.2) is 22.3 Å². The van der Waals surface area contributed by atoms with Crippen molar-refractivity contribution in [2.45, 2.75) is 12.8 Å². The first-order chi connectivity index (χ1) is 5.24. The second-order valence-electron chi connectivity index (χ2n) is 2.90. The fourth-order valence-corrected chi connectivity index (χ4v) is 1.29. The third-order valence-corrected chi connectivity index (χ3v) is 2.30. The van der Waals surface area contributed by atoms with E-state index in [4.69, 9.17) is 24.8 Å². The molecule has 0 aliphatic heterocycles. The SMILES string of the molecule is C=CCN(CC1CC1)C(=S)[S-].[Na+]. The second-order valence-corrected chi connectivity index (χ2v) is 3.93. The van der Waals surface area contributed by atoms with Crippen molar-refractivity contribution in [3.63, 3.8) is 0 Å². The first-order valence-corrected chi connectivity index (χ1v) is 4.62. The van der Waals surface area contributed by atoms with Crippen molar-refractivity contribution in [2.24, 2.45) is 5.92 Å². The molecule has 0 aromatic heterocycles. The molecule has 4 heteroatoms. The zero-order chi connectivity index (χ0) is 8.27. The largest absolute Gasteiger partial charge is 1.00 e. The maximum absolute atomic E-state index is 4.92. The first-order valence-electron chi connectivity index (χ1n) is 3.81. The summed E-state index contributed by atoms with van der Waals surface area (Å²) in [4.78, 5) is 2.04. The smallest absolute Gasteiger partial charge is 0.411 e. The average molecular weight is 209 g/mol. The summed E-state index contributed by atoms with van der Waals surface area (Å²) in [7, 11) is 0. The van der Waals surface area contributed by atoms with Gasteiger partial charge in [0.1, 0.15) is 0 Å². The third-order valence-electron chi connectivity index (χ3n) is 1.78. The number of nitrogens with zero attached hydrogens (tertiary/aromatic N) is 1. The molecule has 0 heterocycles. The van der Waals surface area contributed by atoms with Crippen LogP contribution in [0.4, 0.5) is 0 Å². The van der Waals surface area contributed by atoms with Crippen LogP contribution in [0.2, 0.25) is 0 Å². The van der Waals surface area contributed by atoms with E-state index in [-0.39, 0.29) is 29.6 Å². The molecule has 62 valence electrons. The van der Waals surface area contributed by atoms with Crippen molar-refractivity contribution in [3.05, 3.63) is 12.7 Å². The van der Waals surface area contributed by atoms with Gasteiger partial charge in [-0.25, -0.2) is 0 Å². The van der Waals surface area contributed by atoms with Crippen LogP contribution in [0.5, 0.6) is 0 Å². The van der Waals surface area contributed by atoms with E-state index in [9.17, 15) is 0 Å². The minimum absolute atomic E-state index is 0. The predicted molar refractivity (Wildman–Crippen MR) is 54.5 cm³/mol. The Bertz CT molecular complexity index is 168. The van der Waals surface area contributed by atoms with Crippen molar-refractivity contribution in [2.75, 3.05) is 13.1 Å². The number of hydrogen-bond acceptors (Lipinski definition) is 2. The van der Waals surface area contributed by atoms with E-state index in [1.165, 1.54) is 12.8 Å². The van der Waals surface area contributed by atoms with Crippen molar-refractivity contribution in [3.8, 4) is 0 Å². The van der Waals surface area contributed by atoms with E-state index in [1.807, 2.05) is 11.0 Å². The average Bonchev–Trinajstić information content (AvgIpc) is 2.70. The molecule has 1 aliphatic carbocycles. The van der Waals surface area contributed by atoms with Crippen LogP contribution in [0.3, 0.4) is 0 Å². The monoisotopic (exact) mass is 209 g/mol. The maximum Gasteiger partial charge on any atom is 1.00 e. The van der Waals surface area contributed by atoms with Crippen LogP contribution in [0.1, 0.15) is 12.8 Å². The van der Waals surface area contributed by atoms with Crippen molar-refractivity contribution in [1.29, 1.82) is 0 Å². The zero-order valence-corrected chi connectivity index (χ0v) is 11.1. The van der Waals surface area contributed by atoms with Gasteiger partial charge in [0.25, 0.3) is 0 Å². The number of thiocarbonyl (C=S) groups is 1. The molecule has 1 aliphatic rings. The van der Waals surface area contributed by atoms with Gasteiger partial charge >= 0.3 is 29.6 Å². The maximum atomic E-state index is 4.92. The molecule has 0 saturated heterocycles. The zero-order valence-electron chi connectivity index (χ0n) is 7.45. The van der Waals surface area contributed by atoms with E-state index in [0.29, 0.717) is 4.32 Å². The Morgan fingerprint density at radius 2 is 2.25 bits per heavy atom. The van der Waals surface area contributed by atoms with Crippen LogP contribution in [0.15, 0.2) is 12.7 Å². The van der Waals surface area contributed by atoms with Gasteiger partial charge in [-0.2, -0.15) is 0 Å². The van der Waals surface area contributed by atoms with Crippen molar-refractivity contribution < 1.29 is 29.6 Å². The molecule has 1 saturated carbocycles. The van der Waals surface area contributed by atoms with Crippen molar-refractivity contribution in [1.82, 2.24) is 4.90 Å². The number of rotatable bonds is 4. The Morgan fingerprint density at radius 1 is 1.67 bits per heavy atom. The summed E-state index contributed by atoms with van der Waals surface area (Å²) in [5, 5.41) is 0. The Balaban J connectivity index is 0.00000121. The summed E-state index contributed by atoms with van der Waals surface area (Å²) in [6.45, 7) is 5.50. The standard InChI is InChI=1S/C8H13NS2.Na/c1-2-5-9(8(10)11)6-7-3-4-7;/h2,7H,1,3-6H2,(H,10,11);/q;+1/p-1. The molecule has 0 amide bonds. The van der Waals surface area contributed by atoms with Crippen LogP contribution < -0.4 is 29.6 Å². The van der Waals surface area contributed by atoms with Crippen molar-refractivity contribution >= 4 is 29.2 Å². The normalized spacial score (nSPS) is 14.7. The summed E-state index contributed by atoms with van der Waals surface area (Å²) in [5.74, 6) is 0.843. The van der Waals surface area contributed by atoms with Gasteiger partial charge in [-0.3, -0.25) is 0 Å². The van der Waals surface area contributed by atoms with E-state index in [0.717, 1.165) is 19.0 Å². The fraction of sp³-hybridized carbons (Fsp3) is 0.625. The molecule has 1 nitrogen and oxygen atoms in total. The minimum Gasteiger partial charge on any atom is -0.411 e. The number of hydrogen-bond donors (Lipinski definition) is 0. The molecule has 0 bridgehead atoms. The van der Waals surface area contributed by atoms with E-state index >= 15 is 0 Å². The molecule has 0 unspecified atom stereocenters. The molecule has 0 aromatic carbocycles. The second kappa shape index (κ2) is 6.33. The fourth-order valence-electron chi connectivity index (χ4n) is 0.992. The molecular formula is C8H12NNaS2. The van der Waals surface area contributed by atoms with Gasteiger partial charge in [0.05, 0.1) is 0 Å². The summed E-state index contributed by atoms with van der Waals surface area (Å²) >= 11 is 9.84. The predicted octanol–water partition coefficient (Wildman–Crippen LogP) is -1.28. The Kier molecular flexibility index (Phi) is 6.77. The summed E-state index contributed by atoms with van der Waals surface area (Å²) in [6, 6.07) is 0. The molecule has 0 atom stereocenters. The molecule has 12 heavy (non-hydrogen) atoms. The molecule has 1 fully saturated rings. The third kappa shape index (κ3) is 4.77. The summed E-state index contributed by atoms with van der Waals surface area (Å²) in [6.07, 6.45) is 4.53. The molecule has 0 N–H and O–H groups in total. The topological polar surface area (TPSA) is 3.24 Å². The van der Waals surface area contributed by atoms with E-state index in [1.54, 1.807) is 0 Å². The molecule has 1 rings (SSSR count). The summed E-state index contributed by atoms with van der Waals surface area (Å²) < 4.78 is 0.580. The van der Waals surface area contributed by atoms with Gasteiger partial charge in [0, 0.05) is 13.1 Å². The van der Waals surface area contributed by atoms with Gasteiger partial charge in [0.2, 0.25) is 0 Å². The molecule has 0 radical (unpaired) electrons. The van der Waals surface area contributed by atoms with E-state index in [2.05, 4.69) is 6.58 Å². The van der Waals surface area contributed by atoms with E-state index < -0.39 is 0 Å². The van der Waals surface area contributed by atoms with Crippen LogP contribution in [0, 0.1) is 5.92 Å². The van der Waals surface area contributed by atoms with Crippen LogP contribution in [-0.2, 0) is 12.6 Å². The first kappa shape index (κ1) is 12.8. The van der Waals surface area contributed by atoms with Gasteiger partial charge in [-0.1, -0.05) is 10.4 Å². The van der Waals surface area contributed by atoms with Crippen LogP contribution in [0.25, 0.3) is 0 Å². The molecule has 0 spiro atoms. The summed E-state index contributed by atoms with van der Waals surface area (Å²) in [5.41, 5.74) is 0. The Labute approximate surface area is 107 Å². The molecular weight excluding hydrogens is 197 g/mol. The molecule has 0 aromatic rings. The van der Waals surface area contributed by atoms with Gasteiger partial charge in [-0.15, -0.1) is 6.58 Å². The van der Waals surface area contributed by atoms with Gasteiger partial charge in [0.15, 0.2) is 0 Å². The minimum atomic E-state index is 0. The quantitative estimate of drug-likeness (QED) is 0.246. The Morgan fingerprint density at radius 3 is 2.58 bits per heavy atom. The van der Waals surface area contributed by atoms with Gasteiger partial charge < -0.3 is 29.7 Å².